The normalized spacial score (nSPS) is 12.6. The van der Waals surface area contributed by atoms with Gasteiger partial charge in [0.25, 0.3) is 0 Å². The van der Waals surface area contributed by atoms with Crippen molar-refractivity contribution in [2.75, 3.05) is 9.80 Å². The molecule has 10 aromatic rings. The third-order valence-corrected chi connectivity index (χ3v) is 14.2. The molecule has 0 radical (unpaired) electrons. The number of aryl methyl sites for hydroxylation is 4. The summed E-state index contributed by atoms with van der Waals surface area (Å²) in [4.78, 5) is 4.69. The predicted octanol–water partition coefficient (Wildman–Crippen LogP) is 17.5. The zero-order chi connectivity index (χ0) is 45.2. The van der Waals surface area contributed by atoms with Gasteiger partial charge in [-0.05, 0) is 179 Å². The fourth-order valence-electron chi connectivity index (χ4n) is 10.8. The maximum absolute atomic E-state index is 2.49. The summed E-state index contributed by atoms with van der Waals surface area (Å²) in [6.07, 6.45) is 0. The highest BCUT2D eigenvalue weighted by Crippen LogP contribution is 2.63. The van der Waals surface area contributed by atoms with Crippen molar-refractivity contribution >= 4 is 34.1 Å². The van der Waals surface area contributed by atoms with E-state index in [2.05, 4.69) is 268 Å². The summed E-state index contributed by atoms with van der Waals surface area (Å²) < 4.78 is 0. The van der Waals surface area contributed by atoms with Crippen molar-refractivity contribution in [1.29, 1.82) is 0 Å². The van der Waals surface area contributed by atoms with Crippen molar-refractivity contribution in [2.24, 2.45) is 0 Å². The number of hydrogen-bond donors (Lipinski definition) is 0. The van der Waals surface area contributed by atoms with Gasteiger partial charge < -0.3 is 9.80 Å². The SMILES string of the molecule is Cc1ccc(N(c2ccc(C)cc2)c2ccc(-c3ccc4c(c3)C3(c5ccccc5-c5ccccc53)c3cc(-c5ccc(N(c6ccc(C)cc6)c6ccc(C)cc6)cc5)ccc3-4)cc2)cc1. The molecule has 2 nitrogen and oxygen atoms in total. The minimum absolute atomic E-state index is 0.481. The van der Waals surface area contributed by atoms with Crippen molar-refractivity contribution in [1.82, 2.24) is 0 Å². The van der Waals surface area contributed by atoms with Gasteiger partial charge in [0.05, 0.1) is 5.41 Å². The van der Waals surface area contributed by atoms with Crippen LogP contribution >= 0.6 is 0 Å². The molecule has 0 amide bonds. The highest BCUT2D eigenvalue weighted by Gasteiger charge is 2.51. The fourth-order valence-corrected chi connectivity index (χ4v) is 10.8. The summed E-state index contributed by atoms with van der Waals surface area (Å²) in [7, 11) is 0. The Morgan fingerprint density at radius 1 is 0.239 bits per heavy atom. The smallest absolute Gasteiger partial charge is 0.0725 e. The first kappa shape index (κ1) is 40.3. The molecular weight excluding hydrogens is 809 g/mol. The molecule has 0 bridgehead atoms. The lowest BCUT2D eigenvalue weighted by atomic mass is 9.70. The molecule has 12 rings (SSSR count). The van der Waals surface area contributed by atoms with Crippen LogP contribution in [0.4, 0.5) is 34.1 Å². The Morgan fingerprint density at radius 3 is 0.806 bits per heavy atom. The van der Waals surface area contributed by atoms with E-state index in [0.717, 1.165) is 34.1 Å². The minimum Gasteiger partial charge on any atom is -0.311 e. The van der Waals surface area contributed by atoms with Crippen molar-refractivity contribution < 1.29 is 0 Å². The van der Waals surface area contributed by atoms with Crippen LogP contribution in [0.3, 0.4) is 0 Å². The molecule has 2 aliphatic carbocycles. The molecule has 0 N–H and O–H groups in total. The highest BCUT2D eigenvalue weighted by atomic mass is 15.1. The summed E-state index contributed by atoms with van der Waals surface area (Å²) in [6, 6.07) is 86.0. The molecule has 0 atom stereocenters. The van der Waals surface area contributed by atoms with Gasteiger partial charge in [-0.15, -0.1) is 0 Å². The summed E-state index contributed by atoms with van der Waals surface area (Å²) in [5, 5.41) is 0. The van der Waals surface area contributed by atoms with Crippen molar-refractivity contribution in [3.63, 3.8) is 0 Å². The molecule has 0 heterocycles. The number of fused-ring (bicyclic) bond motifs is 10. The first-order valence-corrected chi connectivity index (χ1v) is 23.4. The second-order valence-electron chi connectivity index (χ2n) is 18.5. The highest BCUT2D eigenvalue weighted by molar-refractivity contribution is 5.97. The van der Waals surface area contributed by atoms with Gasteiger partial charge in [-0.2, -0.15) is 0 Å². The second-order valence-corrected chi connectivity index (χ2v) is 18.5. The predicted molar refractivity (Wildman–Crippen MR) is 282 cm³/mol. The quantitative estimate of drug-likeness (QED) is 0.150. The van der Waals surface area contributed by atoms with E-state index in [1.54, 1.807) is 0 Å². The molecule has 0 aliphatic heterocycles. The van der Waals surface area contributed by atoms with Crippen LogP contribution < -0.4 is 9.80 Å². The van der Waals surface area contributed by atoms with Crippen LogP contribution in [0.5, 0.6) is 0 Å². The maximum Gasteiger partial charge on any atom is 0.0725 e. The lowest BCUT2D eigenvalue weighted by Crippen LogP contribution is -2.26. The molecular formula is C65H50N2. The molecule has 10 aromatic carbocycles. The molecule has 1 spiro atoms. The lowest BCUT2D eigenvalue weighted by molar-refractivity contribution is 0.794. The van der Waals surface area contributed by atoms with Crippen LogP contribution in [0.2, 0.25) is 0 Å². The second kappa shape index (κ2) is 16.0. The maximum atomic E-state index is 2.49. The third kappa shape index (κ3) is 6.71. The molecule has 0 aromatic heterocycles. The summed E-state index contributed by atoms with van der Waals surface area (Å²) >= 11 is 0. The van der Waals surface area contributed by atoms with E-state index in [1.807, 2.05) is 0 Å². The van der Waals surface area contributed by atoms with Gasteiger partial charge in [-0.1, -0.05) is 168 Å². The van der Waals surface area contributed by atoms with E-state index in [4.69, 9.17) is 0 Å². The molecule has 0 unspecified atom stereocenters. The molecule has 2 heteroatoms. The fraction of sp³-hybridized carbons (Fsp3) is 0.0769. The molecule has 0 fully saturated rings. The van der Waals surface area contributed by atoms with Crippen LogP contribution in [0.15, 0.2) is 231 Å². The summed E-state index contributed by atoms with van der Waals surface area (Å²) in [6.45, 7) is 8.56. The van der Waals surface area contributed by atoms with Gasteiger partial charge >= 0.3 is 0 Å². The molecule has 0 saturated carbocycles. The van der Waals surface area contributed by atoms with Crippen LogP contribution in [0, 0.1) is 27.7 Å². The van der Waals surface area contributed by atoms with Crippen molar-refractivity contribution in [3.8, 4) is 44.5 Å². The number of benzene rings is 10. The average Bonchev–Trinajstić information content (AvgIpc) is 3.83. The van der Waals surface area contributed by atoms with E-state index in [1.165, 1.54) is 89.0 Å². The number of rotatable bonds is 8. The van der Waals surface area contributed by atoms with Crippen LogP contribution in [-0.2, 0) is 5.41 Å². The average molecular weight is 859 g/mol. The first-order chi connectivity index (χ1) is 32.8. The third-order valence-electron chi connectivity index (χ3n) is 14.2. The minimum atomic E-state index is -0.481. The molecule has 67 heavy (non-hydrogen) atoms. The zero-order valence-corrected chi connectivity index (χ0v) is 38.3. The largest absolute Gasteiger partial charge is 0.311 e. The topological polar surface area (TPSA) is 6.48 Å². The van der Waals surface area contributed by atoms with Gasteiger partial charge in [0.1, 0.15) is 0 Å². The Morgan fingerprint density at radius 2 is 0.493 bits per heavy atom. The van der Waals surface area contributed by atoms with E-state index in [9.17, 15) is 0 Å². The number of anilines is 6. The van der Waals surface area contributed by atoms with Crippen molar-refractivity contribution in [3.05, 3.63) is 275 Å². The lowest BCUT2D eigenvalue weighted by Gasteiger charge is -2.31. The zero-order valence-electron chi connectivity index (χ0n) is 38.3. The standard InChI is InChI=1S/C65H50N2/c1-43-13-27-51(28-14-43)66(52-29-15-44(2)16-30-52)55-35-21-47(22-36-55)49-25-39-59-60-40-26-50(42-64(60)65(63(59)41-49)61-11-7-5-9-57(61)58-10-6-8-12-62(58)65)48-23-37-56(38-24-48)67(53-31-17-45(3)18-32-53)54-33-19-46(4)20-34-54/h5-42H,1-4H3. The Balaban J connectivity index is 0.964. The van der Waals surface area contributed by atoms with Crippen molar-refractivity contribution in [2.45, 2.75) is 33.1 Å². The van der Waals surface area contributed by atoms with E-state index < -0.39 is 5.41 Å². The van der Waals surface area contributed by atoms with Crippen LogP contribution in [0.1, 0.15) is 44.5 Å². The van der Waals surface area contributed by atoms with E-state index in [0.29, 0.717) is 0 Å². The molecule has 0 saturated heterocycles. The van der Waals surface area contributed by atoms with Gasteiger partial charge in [0.2, 0.25) is 0 Å². The Bertz CT molecular complexity index is 3130. The number of hydrogen-bond acceptors (Lipinski definition) is 2. The van der Waals surface area contributed by atoms with Gasteiger partial charge in [-0.3, -0.25) is 0 Å². The Kier molecular flexibility index (Phi) is 9.66. The Hall–Kier alpha value is -8.20. The molecule has 2 aliphatic rings. The van der Waals surface area contributed by atoms with Crippen LogP contribution in [0.25, 0.3) is 44.5 Å². The van der Waals surface area contributed by atoms with E-state index >= 15 is 0 Å². The Labute approximate surface area is 394 Å². The monoisotopic (exact) mass is 858 g/mol. The van der Waals surface area contributed by atoms with E-state index in [-0.39, 0.29) is 0 Å². The number of nitrogens with zero attached hydrogens (tertiary/aromatic N) is 2. The first-order valence-electron chi connectivity index (χ1n) is 23.4. The van der Waals surface area contributed by atoms with Gasteiger partial charge in [0, 0.05) is 34.1 Å². The summed E-state index contributed by atoms with van der Waals surface area (Å²) in [5.74, 6) is 0. The molecule has 320 valence electrons. The van der Waals surface area contributed by atoms with Gasteiger partial charge in [-0.25, -0.2) is 0 Å². The van der Waals surface area contributed by atoms with Crippen LogP contribution in [-0.4, -0.2) is 0 Å². The summed E-state index contributed by atoms with van der Waals surface area (Å²) in [5.41, 5.74) is 26.7. The van der Waals surface area contributed by atoms with Gasteiger partial charge in [0.15, 0.2) is 0 Å².